The predicted octanol–water partition coefficient (Wildman–Crippen LogP) is 1.58. The summed E-state index contributed by atoms with van der Waals surface area (Å²) in [6, 6.07) is 7.11. The number of aryl methyl sites for hydroxylation is 1. The lowest BCUT2D eigenvalue weighted by atomic mass is 10.00. The lowest BCUT2D eigenvalue weighted by Crippen LogP contribution is -2.52. The molecule has 1 rings (SSSR count). The van der Waals surface area contributed by atoms with Gasteiger partial charge in [0.1, 0.15) is 11.6 Å². The Morgan fingerprint density at radius 1 is 1.30 bits per heavy atom. The minimum Gasteiger partial charge on any atom is -0.480 e. The largest absolute Gasteiger partial charge is 0.480 e. The average Bonchev–Trinajstić information content (AvgIpc) is 2.27. The third kappa shape index (κ3) is 3.81. The highest BCUT2D eigenvalue weighted by Gasteiger charge is 2.33. The van der Waals surface area contributed by atoms with E-state index in [1.807, 2.05) is 31.2 Å². The number of amides is 1. The van der Waals surface area contributed by atoms with Crippen LogP contribution in [0.25, 0.3) is 0 Å². The number of carboxylic acids is 1. The number of hydrogen-bond acceptors (Lipinski definition) is 3. The molecule has 0 aliphatic rings. The normalized spacial score (nSPS) is 13.1. The number of rotatable bonds is 5. The van der Waals surface area contributed by atoms with Crippen LogP contribution < -0.4 is 5.32 Å². The Balaban J connectivity index is 3.04. The number of carboxylic acid groups (broad SMARTS) is 1. The molecule has 0 saturated carbocycles. The lowest BCUT2D eigenvalue weighted by molar-refractivity contribution is -0.146. The van der Waals surface area contributed by atoms with E-state index in [9.17, 15) is 9.59 Å². The summed E-state index contributed by atoms with van der Waals surface area (Å²) in [6.45, 7) is 4.89. The van der Waals surface area contributed by atoms with Crippen LogP contribution in [-0.4, -0.2) is 41.5 Å². The van der Waals surface area contributed by atoms with E-state index < -0.39 is 17.6 Å². The molecular weight excluding hydrogens is 256 g/mol. The van der Waals surface area contributed by atoms with Crippen LogP contribution in [0.2, 0.25) is 0 Å². The second-order valence-electron chi connectivity index (χ2n) is 5.70. The summed E-state index contributed by atoms with van der Waals surface area (Å²) in [5.41, 5.74) is 0.600. The first kappa shape index (κ1) is 16.2. The molecule has 110 valence electrons. The smallest absolute Gasteiger partial charge is 0.328 e. The van der Waals surface area contributed by atoms with Crippen molar-refractivity contribution in [3.63, 3.8) is 0 Å². The number of nitrogens with one attached hydrogen (secondary N) is 1. The third-order valence-corrected chi connectivity index (χ3v) is 3.09. The average molecular weight is 278 g/mol. The number of hydrogen-bond donors (Lipinski definition) is 2. The highest BCUT2D eigenvalue weighted by atomic mass is 16.4. The van der Waals surface area contributed by atoms with Crippen molar-refractivity contribution in [3.05, 3.63) is 35.4 Å². The first-order chi connectivity index (χ1) is 9.15. The van der Waals surface area contributed by atoms with Crippen molar-refractivity contribution in [2.45, 2.75) is 32.4 Å². The molecular formula is C15H22N2O3. The summed E-state index contributed by atoms with van der Waals surface area (Å²) in [7, 11) is 3.58. The molecule has 0 unspecified atom stereocenters. The van der Waals surface area contributed by atoms with E-state index in [1.165, 1.54) is 13.8 Å². The molecule has 0 aromatic heterocycles. The molecule has 0 spiro atoms. The fourth-order valence-corrected chi connectivity index (χ4v) is 1.95. The van der Waals surface area contributed by atoms with E-state index in [2.05, 4.69) is 5.32 Å². The maximum absolute atomic E-state index is 12.4. The number of aliphatic carboxylic acids is 1. The van der Waals surface area contributed by atoms with Gasteiger partial charge in [0.15, 0.2) is 0 Å². The van der Waals surface area contributed by atoms with Crippen molar-refractivity contribution >= 4 is 11.9 Å². The summed E-state index contributed by atoms with van der Waals surface area (Å²) in [4.78, 5) is 25.3. The minimum absolute atomic E-state index is 0.326. The first-order valence-electron chi connectivity index (χ1n) is 6.43. The second kappa shape index (κ2) is 6.05. The van der Waals surface area contributed by atoms with Gasteiger partial charge in [-0.05, 0) is 40.4 Å². The number of likely N-dealkylation sites (N-methyl/N-ethyl adjacent to an activating group) is 1. The van der Waals surface area contributed by atoms with Crippen molar-refractivity contribution in [1.29, 1.82) is 0 Å². The topological polar surface area (TPSA) is 69.6 Å². The van der Waals surface area contributed by atoms with Gasteiger partial charge < -0.3 is 10.4 Å². The van der Waals surface area contributed by atoms with Crippen LogP contribution in [0, 0.1) is 6.92 Å². The van der Waals surface area contributed by atoms with Gasteiger partial charge in [-0.2, -0.15) is 0 Å². The van der Waals surface area contributed by atoms with Crippen LogP contribution in [0.15, 0.2) is 24.3 Å². The number of carbonyl (C=O) groups is 2. The maximum Gasteiger partial charge on any atom is 0.328 e. The molecule has 2 N–H and O–H groups in total. The highest BCUT2D eigenvalue weighted by Crippen LogP contribution is 2.20. The lowest BCUT2D eigenvalue weighted by Gasteiger charge is -2.28. The van der Waals surface area contributed by atoms with E-state index in [0.717, 1.165) is 11.1 Å². The second-order valence-corrected chi connectivity index (χ2v) is 5.70. The Morgan fingerprint density at radius 2 is 1.90 bits per heavy atom. The molecule has 5 nitrogen and oxygen atoms in total. The zero-order valence-electron chi connectivity index (χ0n) is 12.6. The quantitative estimate of drug-likeness (QED) is 0.858. The van der Waals surface area contributed by atoms with E-state index in [0.29, 0.717) is 0 Å². The molecule has 0 aliphatic heterocycles. The van der Waals surface area contributed by atoms with Crippen LogP contribution in [0.3, 0.4) is 0 Å². The van der Waals surface area contributed by atoms with Crippen molar-refractivity contribution in [1.82, 2.24) is 10.2 Å². The molecule has 1 aromatic rings. The molecule has 0 bridgehead atoms. The molecule has 20 heavy (non-hydrogen) atoms. The molecule has 0 radical (unpaired) electrons. The fraction of sp³-hybridized carbons (Fsp3) is 0.467. The van der Waals surface area contributed by atoms with E-state index in [1.54, 1.807) is 19.0 Å². The van der Waals surface area contributed by atoms with Crippen LogP contribution in [0.5, 0.6) is 0 Å². The third-order valence-electron chi connectivity index (χ3n) is 3.09. The molecule has 0 saturated heterocycles. The van der Waals surface area contributed by atoms with Gasteiger partial charge in [0.25, 0.3) is 0 Å². The van der Waals surface area contributed by atoms with Crippen molar-refractivity contribution in [2.75, 3.05) is 14.1 Å². The Morgan fingerprint density at radius 3 is 2.35 bits per heavy atom. The molecule has 0 aliphatic carbocycles. The fourth-order valence-electron chi connectivity index (χ4n) is 1.95. The zero-order valence-corrected chi connectivity index (χ0v) is 12.6. The summed E-state index contributed by atoms with van der Waals surface area (Å²) in [5.74, 6) is -1.39. The predicted molar refractivity (Wildman–Crippen MR) is 77.5 cm³/mol. The van der Waals surface area contributed by atoms with E-state index in [4.69, 9.17) is 5.11 Å². The first-order valence-corrected chi connectivity index (χ1v) is 6.43. The van der Waals surface area contributed by atoms with Crippen LogP contribution in [-0.2, 0) is 9.59 Å². The van der Waals surface area contributed by atoms with Gasteiger partial charge in [0, 0.05) is 0 Å². The SMILES string of the molecule is Cc1cccc([C@H](C(=O)NC(C)(C)C(=O)O)N(C)C)c1. The summed E-state index contributed by atoms with van der Waals surface area (Å²) in [5, 5.41) is 11.7. The molecule has 0 heterocycles. The van der Waals surface area contributed by atoms with Gasteiger partial charge in [-0.3, -0.25) is 9.69 Å². The van der Waals surface area contributed by atoms with Gasteiger partial charge in [-0.25, -0.2) is 4.79 Å². The number of nitrogens with zero attached hydrogens (tertiary/aromatic N) is 1. The standard InChI is InChI=1S/C15H22N2O3/c1-10-7-6-8-11(9-10)12(17(4)5)13(18)16-15(2,3)14(19)20/h6-9,12H,1-5H3,(H,16,18)(H,19,20)/t12-/m1/s1. The van der Waals surface area contributed by atoms with Gasteiger partial charge in [0.2, 0.25) is 5.91 Å². The van der Waals surface area contributed by atoms with Crippen LogP contribution in [0.1, 0.15) is 31.0 Å². The van der Waals surface area contributed by atoms with Gasteiger partial charge in [-0.15, -0.1) is 0 Å². The number of carbonyl (C=O) groups excluding carboxylic acids is 1. The van der Waals surface area contributed by atoms with Crippen LogP contribution in [0.4, 0.5) is 0 Å². The van der Waals surface area contributed by atoms with Gasteiger partial charge in [-0.1, -0.05) is 29.8 Å². The number of benzene rings is 1. The van der Waals surface area contributed by atoms with Gasteiger partial charge >= 0.3 is 5.97 Å². The van der Waals surface area contributed by atoms with Crippen LogP contribution >= 0.6 is 0 Å². The summed E-state index contributed by atoms with van der Waals surface area (Å²) in [6.07, 6.45) is 0. The zero-order chi connectivity index (χ0) is 15.5. The summed E-state index contributed by atoms with van der Waals surface area (Å²) < 4.78 is 0. The van der Waals surface area contributed by atoms with E-state index in [-0.39, 0.29) is 5.91 Å². The Hall–Kier alpha value is -1.88. The van der Waals surface area contributed by atoms with Gasteiger partial charge in [0.05, 0.1) is 0 Å². The van der Waals surface area contributed by atoms with Crippen molar-refractivity contribution in [2.24, 2.45) is 0 Å². The molecule has 1 atom stereocenters. The Kier molecular flexibility index (Phi) is 4.89. The molecule has 1 amide bonds. The van der Waals surface area contributed by atoms with Crippen molar-refractivity contribution < 1.29 is 14.7 Å². The monoisotopic (exact) mass is 278 g/mol. The highest BCUT2D eigenvalue weighted by molar-refractivity contribution is 5.89. The van der Waals surface area contributed by atoms with Crippen molar-refractivity contribution in [3.8, 4) is 0 Å². The molecule has 0 fully saturated rings. The minimum atomic E-state index is -1.30. The van der Waals surface area contributed by atoms with E-state index >= 15 is 0 Å². The summed E-state index contributed by atoms with van der Waals surface area (Å²) >= 11 is 0. The molecule has 5 heteroatoms. The maximum atomic E-state index is 12.4. The Bertz CT molecular complexity index is 510. The molecule has 1 aromatic carbocycles. The Labute approximate surface area is 119 Å².